The first-order valence-electron chi connectivity index (χ1n) is 8.92. The normalized spacial score (nSPS) is 14.0. The Kier molecular flexibility index (Phi) is 5.13. The number of nitrogens with one attached hydrogen (secondary N) is 1. The molecule has 1 aromatic heterocycles. The molecule has 29 heavy (non-hydrogen) atoms. The molecule has 0 saturated carbocycles. The monoisotopic (exact) mass is 423 g/mol. The lowest BCUT2D eigenvalue weighted by atomic mass is 10.1. The van der Waals surface area contributed by atoms with E-state index in [1.807, 2.05) is 60.8 Å². The second kappa shape index (κ2) is 7.73. The van der Waals surface area contributed by atoms with Crippen LogP contribution < -0.4 is 15.1 Å². The van der Waals surface area contributed by atoms with Gasteiger partial charge >= 0.3 is 0 Å². The van der Waals surface area contributed by atoms with E-state index in [1.54, 1.807) is 24.3 Å². The molecule has 2 amide bonds. The summed E-state index contributed by atoms with van der Waals surface area (Å²) in [7, 11) is 3.92. The first-order valence-corrected chi connectivity index (χ1v) is 10.2. The van der Waals surface area contributed by atoms with Gasteiger partial charge in [-0.15, -0.1) is 11.3 Å². The molecule has 0 spiro atoms. The number of hydrogen-bond donors (Lipinski definition) is 1. The summed E-state index contributed by atoms with van der Waals surface area (Å²) in [5, 5.41) is 5.59. The number of hydrogen-bond acceptors (Lipinski definition) is 5. The maximum Gasteiger partial charge on any atom is 0.282 e. The van der Waals surface area contributed by atoms with Gasteiger partial charge in [0.1, 0.15) is 5.70 Å². The fraction of sp³-hybridized carbons (Fsp3) is 0.0909. The van der Waals surface area contributed by atoms with E-state index in [2.05, 4.69) is 5.32 Å². The van der Waals surface area contributed by atoms with Crippen LogP contribution in [-0.4, -0.2) is 25.9 Å². The Balaban J connectivity index is 1.74. The number of imide groups is 1. The van der Waals surface area contributed by atoms with Crippen LogP contribution in [0, 0.1) is 0 Å². The summed E-state index contributed by atoms with van der Waals surface area (Å²) in [6, 6.07) is 18.0. The third kappa shape index (κ3) is 3.64. The van der Waals surface area contributed by atoms with Gasteiger partial charge in [0.2, 0.25) is 0 Å². The Labute approximate surface area is 177 Å². The van der Waals surface area contributed by atoms with E-state index in [4.69, 9.17) is 11.6 Å². The molecule has 0 aliphatic carbocycles. The summed E-state index contributed by atoms with van der Waals surface area (Å²) in [5.41, 5.74) is 2.90. The van der Waals surface area contributed by atoms with Crippen molar-refractivity contribution in [3.63, 3.8) is 0 Å². The number of halogens is 1. The minimum atomic E-state index is -0.391. The molecule has 146 valence electrons. The largest absolute Gasteiger partial charge is 0.378 e. The predicted molar refractivity (Wildman–Crippen MR) is 120 cm³/mol. The van der Waals surface area contributed by atoms with Crippen LogP contribution in [0.25, 0.3) is 5.57 Å². The van der Waals surface area contributed by atoms with E-state index in [-0.39, 0.29) is 11.6 Å². The Hall–Kier alpha value is -3.09. The summed E-state index contributed by atoms with van der Waals surface area (Å²) in [5.74, 6) is -0.746. The van der Waals surface area contributed by atoms with Crippen LogP contribution in [0.15, 0.2) is 71.7 Å². The number of rotatable bonds is 5. The van der Waals surface area contributed by atoms with Crippen LogP contribution in [0.5, 0.6) is 0 Å². The van der Waals surface area contributed by atoms with Crippen molar-refractivity contribution in [1.82, 2.24) is 0 Å². The molecule has 7 heteroatoms. The van der Waals surface area contributed by atoms with Gasteiger partial charge in [-0.05, 0) is 60.0 Å². The Morgan fingerprint density at radius 3 is 2.21 bits per heavy atom. The van der Waals surface area contributed by atoms with E-state index >= 15 is 0 Å². The molecule has 0 fully saturated rings. The van der Waals surface area contributed by atoms with E-state index in [0.29, 0.717) is 16.3 Å². The number of carbonyl (C=O) groups excluding carboxylic acids is 2. The average molecular weight is 424 g/mol. The van der Waals surface area contributed by atoms with Crippen molar-refractivity contribution in [3.8, 4) is 0 Å². The number of anilines is 3. The van der Waals surface area contributed by atoms with Crippen LogP contribution in [0.2, 0.25) is 5.02 Å². The third-order valence-corrected chi connectivity index (χ3v) is 5.73. The van der Waals surface area contributed by atoms with E-state index < -0.39 is 5.91 Å². The van der Waals surface area contributed by atoms with Crippen molar-refractivity contribution in [1.29, 1.82) is 0 Å². The maximum absolute atomic E-state index is 13.2. The number of thiophene rings is 1. The summed E-state index contributed by atoms with van der Waals surface area (Å²) >= 11 is 7.38. The fourth-order valence-electron chi connectivity index (χ4n) is 3.11. The lowest BCUT2D eigenvalue weighted by Gasteiger charge is -2.16. The molecule has 0 radical (unpaired) electrons. The molecular weight excluding hydrogens is 406 g/mol. The Morgan fingerprint density at radius 2 is 1.62 bits per heavy atom. The standard InChI is InChI=1S/C22H18ClN3O2S/c1-25(2)16-11-7-15(8-12-16)24-20-19(18-4-3-13-29-18)21(27)26(22(20)28)17-9-5-14(23)6-10-17/h3-13,24H,1-2H3. The quantitative estimate of drug-likeness (QED) is 0.595. The lowest BCUT2D eigenvalue weighted by Crippen LogP contribution is -2.32. The third-order valence-electron chi connectivity index (χ3n) is 4.59. The number of nitrogens with zero attached hydrogens (tertiary/aromatic N) is 2. The molecule has 0 unspecified atom stereocenters. The van der Waals surface area contributed by atoms with Crippen LogP contribution >= 0.6 is 22.9 Å². The SMILES string of the molecule is CN(C)c1ccc(NC2=C(c3cccs3)C(=O)N(c3ccc(Cl)cc3)C2=O)cc1. The molecule has 2 aromatic carbocycles. The van der Waals surface area contributed by atoms with Gasteiger partial charge in [0, 0.05) is 35.4 Å². The van der Waals surface area contributed by atoms with Crippen LogP contribution in [0.1, 0.15) is 4.88 Å². The highest BCUT2D eigenvalue weighted by molar-refractivity contribution is 7.11. The van der Waals surface area contributed by atoms with Crippen LogP contribution in [0.3, 0.4) is 0 Å². The number of amides is 2. The first-order chi connectivity index (χ1) is 14.0. The van der Waals surface area contributed by atoms with Gasteiger partial charge in [0.15, 0.2) is 0 Å². The summed E-state index contributed by atoms with van der Waals surface area (Å²) in [6.07, 6.45) is 0. The second-order valence-electron chi connectivity index (χ2n) is 6.72. The molecule has 0 atom stereocenters. The van der Waals surface area contributed by atoms with Crippen LogP contribution in [0.4, 0.5) is 17.1 Å². The first kappa shape index (κ1) is 19.2. The van der Waals surface area contributed by atoms with Gasteiger partial charge < -0.3 is 10.2 Å². The summed E-state index contributed by atoms with van der Waals surface area (Å²) < 4.78 is 0. The van der Waals surface area contributed by atoms with Crippen molar-refractivity contribution in [2.75, 3.05) is 29.2 Å². The summed E-state index contributed by atoms with van der Waals surface area (Å²) in [4.78, 5) is 30.4. The van der Waals surface area contributed by atoms with Crippen molar-refractivity contribution in [3.05, 3.63) is 81.6 Å². The maximum atomic E-state index is 13.2. The number of carbonyl (C=O) groups is 2. The average Bonchev–Trinajstić information content (AvgIpc) is 3.30. The number of benzene rings is 2. The molecule has 1 aliphatic rings. The van der Waals surface area contributed by atoms with E-state index in [1.165, 1.54) is 16.2 Å². The fourth-order valence-corrected chi connectivity index (χ4v) is 4.00. The van der Waals surface area contributed by atoms with Gasteiger partial charge in [0.25, 0.3) is 11.8 Å². The summed E-state index contributed by atoms with van der Waals surface area (Å²) in [6.45, 7) is 0. The zero-order chi connectivity index (χ0) is 20.5. The van der Waals surface area contributed by atoms with Crippen molar-refractivity contribution in [2.45, 2.75) is 0 Å². The molecule has 2 heterocycles. The highest BCUT2D eigenvalue weighted by Crippen LogP contribution is 2.36. The molecule has 5 nitrogen and oxygen atoms in total. The van der Waals surface area contributed by atoms with Crippen molar-refractivity contribution >= 4 is 57.4 Å². The Morgan fingerprint density at radius 1 is 0.931 bits per heavy atom. The molecule has 1 N–H and O–H groups in total. The van der Waals surface area contributed by atoms with E-state index in [9.17, 15) is 9.59 Å². The topological polar surface area (TPSA) is 52.7 Å². The van der Waals surface area contributed by atoms with Gasteiger partial charge in [-0.2, -0.15) is 0 Å². The second-order valence-corrected chi connectivity index (χ2v) is 8.10. The predicted octanol–water partition coefficient (Wildman–Crippen LogP) is 4.86. The van der Waals surface area contributed by atoms with Crippen LogP contribution in [-0.2, 0) is 9.59 Å². The molecule has 4 rings (SSSR count). The highest BCUT2D eigenvalue weighted by atomic mass is 35.5. The lowest BCUT2D eigenvalue weighted by molar-refractivity contribution is -0.120. The minimum Gasteiger partial charge on any atom is -0.378 e. The smallest absolute Gasteiger partial charge is 0.282 e. The Bertz CT molecular complexity index is 1090. The molecule has 0 saturated heterocycles. The van der Waals surface area contributed by atoms with Gasteiger partial charge in [-0.3, -0.25) is 9.59 Å². The van der Waals surface area contributed by atoms with Gasteiger partial charge in [0.05, 0.1) is 11.3 Å². The molecule has 0 bridgehead atoms. The zero-order valence-corrected chi connectivity index (χ0v) is 17.4. The zero-order valence-electron chi connectivity index (χ0n) is 15.8. The minimum absolute atomic E-state index is 0.269. The van der Waals surface area contributed by atoms with Crippen molar-refractivity contribution in [2.24, 2.45) is 0 Å². The highest BCUT2D eigenvalue weighted by Gasteiger charge is 2.40. The van der Waals surface area contributed by atoms with Gasteiger partial charge in [-0.25, -0.2) is 4.90 Å². The molecular formula is C22H18ClN3O2S. The van der Waals surface area contributed by atoms with E-state index in [0.717, 1.165) is 16.3 Å². The van der Waals surface area contributed by atoms with Gasteiger partial charge in [-0.1, -0.05) is 17.7 Å². The molecule has 1 aliphatic heterocycles. The van der Waals surface area contributed by atoms with Crippen molar-refractivity contribution < 1.29 is 9.59 Å². The molecule has 3 aromatic rings.